The molecule has 0 rings (SSSR count). The first kappa shape index (κ1) is 18.0. The minimum atomic E-state index is -4.14. The largest absolute Gasteiger partial charge is 1.00 e. The van der Waals surface area contributed by atoms with E-state index in [1.165, 1.54) is 6.92 Å². The molecule has 0 fully saturated rings. The Morgan fingerprint density at radius 3 is 2.33 bits per heavy atom. The van der Waals surface area contributed by atoms with Crippen molar-refractivity contribution in [3.05, 3.63) is 0 Å². The summed E-state index contributed by atoms with van der Waals surface area (Å²) < 4.78 is 10.3. The van der Waals surface area contributed by atoms with E-state index in [-0.39, 0.29) is 42.3 Å². The first-order valence-corrected chi connectivity index (χ1v) is 6.09. The number of hydrogen-bond donors (Lipinski definition) is 2. The van der Waals surface area contributed by atoms with E-state index in [1.807, 2.05) is 0 Å². The molecule has 2 N–H and O–H groups in total. The van der Waals surface area contributed by atoms with Crippen molar-refractivity contribution in [3.63, 3.8) is 0 Å². The number of nitrogens with zero attached hydrogens (tertiary/aromatic N) is 1. The molecular weight excluding hydrogens is 232 g/mol. The maximum absolute atomic E-state index is 10.5. The monoisotopic (exact) mass is 247 g/mol. The van der Waals surface area contributed by atoms with Crippen molar-refractivity contribution in [3.8, 4) is 0 Å². The Kier molecular flexibility index (Phi) is 10.4. The third-order valence-electron chi connectivity index (χ3n) is 1.67. The summed E-state index contributed by atoms with van der Waals surface area (Å²) in [6.45, 7) is 1.42. The summed E-state index contributed by atoms with van der Waals surface area (Å²) >= 11 is 0. The molecule has 0 aromatic rings. The summed E-state index contributed by atoms with van der Waals surface area (Å²) in [5, 5.41) is 9.48. The van der Waals surface area contributed by atoms with Crippen LogP contribution in [-0.2, 0) is 9.36 Å². The van der Waals surface area contributed by atoms with Crippen LogP contribution in [0.25, 0.3) is 0 Å². The van der Waals surface area contributed by atoms with E-state index < -0.39 is 13.5 Å². The maximum atomic E-state index is 10.5. The van der Waals surface area contributed by atoms with Gasteiger partial charge < -0.3 is 14.4 Å². The van der Waals surface area contributed by atoms with Crippen LogP contribution in [0.3, 0.4) is 0 Å². The molecule has 0 aromatic heterocycles. The third-order valence-corrected chi connectivity index (χ3v) is 2.56. The van der Waals surface area contributed by atoms with E-state index >= 15 is 0 Å². The molecule has 1 amide bonds. The molecule has 0 saturated heterocycles. The number of hydrogen-bond acceptors (Lipinski definition) is 4. The summed E-state index contributed by atoms with van der Waals surface area (Å²) in [5.41, 5.74) is 0. The summed E-state index contributed by atoms with van der Waals surface area (Å²) in [6.07, 6.45) is 1.13. The molecule has 15 heavy (non-hydrogen) atoms. The fourth-order valence-electron chi connectivity index (χ4n) is 0.907. The third kappa shape index (κ3) is 12.5. The Morgan fingerprint density at radius 1 is 1.40 bits per heavy atom. The zero-order valence-electron chi connectivity index (χ0n) is 9.05. The molecule has 0 aromatic carbocycles. The molecule has 0 heterocycles. The number of amides is 1. The topological polar surface area (TPSA) is 101 Å². The van der Waals surface area contributed by atoms with E-state index in [2.05, 4.69) is 0 Å². The Bertz CT molecular complexity index is 231. The van der Waals surface area contributed by atoms with Crippen molar-refractivity contribution in [2.24, 2.45) is 0 Å². The van der Waals surface area contributed by atoms with Crippen molar-refractivity contribution in [2.45, 2.75) is 26.2 Å². The second-order valence-corrected chi connectivity index (χ2v) is 4.79. The number of unbranched alkanes of at least 4 members (excludes halogenated alkanes) is 2. The van der Waals surface area contributed by atoms with E-state index in [4.69, 9.17) is 10.1 Å². The Hall–Kier alpha value is 0.580. The predicted octanol–water partition coefficient (Wildman–Crippen LogP) is -3.06. The summed E-state index contributed by atoms with van der Waals surface area (Å²) in [4.78, 5) is 29.2. The van der Waals surface area contributed by atoms with Crippen LogP contribution in [0.1, 0.15) is 26.2 Å². The molecule has 0 aliphatic rings. The van der Waals surface area contributed by atoms with Crippen LogP contribution in [0.5, 0.6) is 0 Å². The normalized spacial score (nSPS) is 13.9. The second kappa shape index (κ2) is 8.70. The Balaban J connectivity index is 0. The smallest absolute Gasteiger partial charge is 0.779 e. The average molecular weight is 247 g/mol. The van der Waals surface area contributed by atoms with Gasteiger partial charge in [-0.3, -0.25) is 10.0 Å². The van der Waals surface area contributed by atoms with Gasteiger partial charge in [-0.1, -0.05) is 6.42 Å². The summed E-state index contributed by atoms with van der Waals surface area (Å²) in [5.74, 6) is -0.443. The molecule has 6 nitrogen and oxygen atoms in total. The minimum Gasteiger partial charge on any atom is -0.779 e. The Labute approximate surface area is 111 Å². The van der Waals surface area contributed by atoms with Gasteiger partial charge in [-0.2, -0.15) is 0 Å². The standard InChI is InChI=1S/C7H16NO5P.Na/c1-7(9)8(10)5-3-2-4-6-14(11,12)13;/h10H,2-6H2,1H3,(H2,11,12,13);/q;+1/p-1. The zero-order valence-corrected chi connectivity index (χ0v) is 11.9. The van der Waals surface area contributed by atoms with Crippen molar-refractivity contribution < 1.29 is 53.9 Å². The van der Waals surface area contributed by atoms with Crippen molar-refractivity contribution in [1.29, 1.82) is 0 Å². The molecule has 1 unspecified atom stereocenters. The quantitative estimate of drug-likeness (QED) is 0.171. The number of rotatable bonds is 6. The van der Waals surface area contributed by atoms with Crippen LogP contribution in [-0.4, -0.2) is 33.8 Å². The van der Waals surface area contributed by atoms with Crippen LogP contribution < -0.4 is 34.5 Å². The van der Waals surface area contributed by atoms with E-state index in [0.717, 1.165) is 0 Å². The minimum absolute atomic E-state index is 0. The number of carbonyl (C=O) groups excluding carboxylic acids is 1. The molecular formula is C7H15NNaO5P. The van der Waals surface area contributed by atoms with Crippen molar-refractivity contribution in [1.82, 2.24) is 5.06 Å². The SMILES string of the molecule is CC(=O)N(O)CCCCCP(=O)([O-])O.[Na+]. The van der Waals surface area contributed by atoms with E-state index in [0.29, 0.717) is 24.3 Å². The molecule has 84 valence electrons. The van der Waals surface area contributed by atoms with Crippen LogP contribution in [0.4, 0.5) is 0 Å². The van der Waals surface area contributed by atoms with Gasteiger partial charge >= 0.3 is 29.6 Å². The molecule has 0 bridgehead atoms. The van der Waals surface area contributed by atoms with E-state index in [1.54, 1.807) is 0 Å². The fraction of sp³-hybridized carbons (Fsp3) is 0.857. The number of carbonyl (C=O) groups is 1. The fourth-order valence-corrected chi connectivity index (χ4v) is 1.53. The molecule has 1 atom stereocenters. The molecule has 0 saturated carbocycles. The summed E-state index contributed by atoms with van der Waals surface area (Å²) in [6, 6.07) is 0. The van der Waals surface area contributed by atoms with E-state index in [9.17, 15) is 14.3 Å². The number of hydroxylamine groups is 2. The van der Waals surface area contributed by atoms with Crippen molar-refractivity contribution in [2.75, 3.05) is 12.7 Å². The molecule has 0 spiro atoms. The second-order valence-electron chi connectivity index (χ2n) is 3.06. The van der Waals surface area contributed by atoms with Crippen LogP contribution in [0.15, 0.2) is 0 Å². The van der Waals surface area contributed by atoms with Gasteiger partial charge in [0.05, 0.1) is 0 Å². The molecule has 8 heteroatoms. The van der Waals surface area contributed by atoms with Gasteiger partial charge in [-0.15, -0.1) is 0 Å². The van der Waals surface area contributed by atoms with Gasteiger partial charge in [0, 0.05) is 19.6 Å². The van der Waals surface area contributed by atoms with Crippen molar-refractivity contribution >= 4 is 13.5 Å². The zero-order chi connectivity index (χ0) is 11.2. The Morgan fingerprint density at radius 2 is 1.93 bits per heavy atom. The molecule has 0 radical (unpaired) electrons. The van der Waals surface area contributed by atoms with Gasteiger partial charge in [-0.05, 0) is 12.8 Å². The average Bonchev–Trinajstić information content (AvgIpc) is 2.01. The van der Waals surface area contributed by atoms with Crippen LogP contribution in [0, 0.1) is 0 Å². The van der Waals surface area contributed by atoms with Gasteiger partial charge in [0.2, 0.25) is 5.91 Å². The first-order chi connectivity index (χ1) is 6.33. The van der Waals surface area contributed by atoms with Gasteiger partial charge in [0.15, 0.2) is 0 Å². The van der Waals surface area contributed by atoms with Gasteiger partial charge in [0.25, 0.3) is 0 Å². The molecule has 0 aliphatic carbocycles. The summed E-state index contributed by atoms with van der Waals surface area (Å²) in [7, 11) is -4.14. The van der Waals surface area contributed by atoms with Gasteiger partial charge in [-0.25, -0.2) is 5.06 Å². The predicted molar refractivity (Wildman–Crippen MR) is 47.7 cm³/mol. The maximum Gasteiger partial charge on any atom is 1.00 e. The van der Waals surface area contributed by atoms with Gasteiger partial charge in [0.1, 0.15) is 7.60 Å². The van der Waals surface area contributed by atoms with Crippen LogP contribution >= 0.6 is 7.60 Å². The van der Waals surface area contributed by atoms with Crippen LogP contribution in [0.2, 0.25) is 0 Å². The molecule has 0 aliphatic heterocycles. The first-order valence-electron chi connectivity index (χ1n) is 4.33.